The summed E-state index contributed by atoms with van der Waals surface area (Å²) < 4.78 is 67.7. The average molecular weight is 1170 g/mol. The van der Waals surface area contributed by atoms with Crippen LogP contribution in [0.4, 0.5) is 0 Å². The van der Waals surface area contributed by atoms with E-state index in [9.17, 15) is 43.2 Å². The van der Waals surface area contributed by atoms with E-state index in [-0.39, 0.29) is 25.7 Å². The zero-order valence-corrected chi connectivity index (χ0v) is 52.1. The molecule has 0 fully saturated rings. The first kappa shape index (κ1) is 77.1. The molecule has 0 aliphatic rings. The van der Waals surface area contributed by atoms with E-state index in [0.29, 0.717) is 25.7 Å². The maximum atomic E-state index is 12.9. The number of phosphoric ester groups is 2. The SMILES string of the molecule is CCCCCCCCCCCCCCC(=O)OC[C@H](COP(=O)(O)OC[C@@H](O)COP(=O)(O)OC[C@@H](COC(=O)CCCCCCCCC)OC(=O)CCCCCCCCCC)OC(=O)CCCCCCCCCCCCCC. The number of rotatable bonds is 61. The van der Waals surface area contributed by atoms with Crippen molar-refractivity contribution in [3.63, 3.8) is 0 Å². The fraction of sp³-hybridized carbons (Fsp3) is 0.933. The van der Waals surface area contributed by atoms with E-state index in [0.717, 1.165) is 109 Å². The molecule has 0 bridgehead atoms. The Kier molecular flexibility index (Phi) is 53.9. The third-order valence-corrected chi connectivity index (χ3v) is 15.8. The fourth-order valence-corrected chi connectivity index (χ4v) is 10.5. The molecular weight excluding hydrogens is 1050 g/mol. The van der Waals surface area contributed by atoms with Crippen molar-refractivity contribution in [2.24, 2.45) is 0 Å². The van der Waals surface area contributed by atoms with Crippen LogP contribution >= 0.6 is 15.6 Å². The Labute approximate surface area is 479 Å². The molecule has 2 unspecified atom stereocenters. The van der Waals surface area contributed by atoms with Gasteiger partial charge in [-0.25, -0.2) is 9.13 Å². The number of aliphatic hydroxyl groups excluding tert-OH is 1. The second-order valence-corrected chi connectivity index (χ2v) is 24.6. The molecule has 0 aromatic heterocycles. The van der Waals surface area contributed by atoms with Crippen LogP contribution in [0.1, 0.15) is 304 Å². The number of ether oxygens (including phenoxy) is 4. The molecule has 79 heavy (non-hydrogen) atoms. The van der Waals surface area contributed by atoms with E-state index in [1.54, 1.807) is 0 Å². The minimum atomic E-state index is -4.94. The molecule has 19 heteroatoms. The summed E-state index contributed by atoms with van der Waals surface area (Å²) in [5.74, 6) is -2.14. The molecule has 3 N–H and O–H groups in total. The molecule has 468 valence electrons. The average Bonchev–Trinajstić information content (AvgIpc) is 3.42. The summed E-state index contributed by atoms with van der Waals surface area (Å²) in [5.41, 5.74) is 0. The molecule has 0 aliphatic heterocycles. The predicted molar refractivity (Wildman–Crippen MR) is 312 cm³/mol. The van der Waals surface area contributed by atoms with Crippen LogP contribution in [-0.4, -0.2) is 96.7 Å². The summed E-state index contributed by atoms with van der Waals surface area (Å²) in [6.45, 7) is 4.80. The maximum Gasteiger partial charge on any atom is 0.472 e. The minimum Gasteiger partial charge on any atom is -0.462 e. The van der Waals surface area contributed by atoms with Crippen LogP contribution in [0.25, 0.3) is 0 Å². The van der Waals surface area contributed by atoms with Gasteiger partial charge in [-0.15, -0.1) is 0 Å². The normalized spacial score (nSPS) is 14.3. The third-order valence-electron chi connectivity index (χ3n) is 13.9. The summed E-state index contributed by atoms with van der Waals surface area (Å²) >= 11 is 0. The van der Waals surface area contributed by atoms with E-state index >= 15 is 0 Å². The molecule has 17 nitrogen and oxygen atoms in total. The molecule has 0 aromatic rings. The number of esters is 4. The van der Waals surface area contributed by atoms with Crippen molar-refractivity contribution < 1.29 is 80.2 Å². The number of hydrogen-bond donors (Lipinski definition) is 3. The van der Waals surface area contributed by atoms with Crippen molar-refractivity contribution in [1.29, 1.82) is 0 Å². The summed E-state index contributed by atoms with van der Waals surface area (Å²) in [6, 6.07) is 0. The van der Waals surface area contributed by atoms with Crippen molar-refractivity contribution in [2.45, 2.75) is 322 Å². The molecule has 0 spiro atoms. The number of unbranched alkanes of at least 4 members (excludes halogenated alkanes) is 35. The Morgan fingerprint density at radius 3 is 0.747 bits per heavy atom. The van der Waals surface area contributed by atoms with Crippen LogP contribution in [-0.2, 0) is 65.4 Å². The smallest absolute Gasteiger partial charge is 0.462 e. The number of carbonyl (C=O) groups excluding carboxylic acids is 4. The van der Waals surface area contributed by atoms with E-state index in [1.165, 1.54) is 116 Å². The Morgan fingerprint density at radius 2 is 0.506 bits per heavy atom. The molecule has 0 heterocycles. The minimum absolute atomic E-state index is 0.105. The van der Waals surface area contributed by atoms with Crippen LogP contribution < -0.4 is 0 Å². The largest absolute Gasteiger partial charge is 0.472 e. The number of phosphoric acid groups is 2. The van der Waals surface area contributed by atoms with Gasteiger partial charge in [0.15, 0.2) is 12.2 Å². The second-order valence-electron chi connectivity index (χ2n) is 21.7. The van der Waals surface area contributed by atoms with Gasteiger partial charge in [0.2, 0.25) is 0 Å². The Hall–Kier alpha value is -1.94. The van der Waals surface area contributed by atoms with Crippen molar-refractivity contribution in [3.05, 3.63) is 0 Å². The van der Waals surface area contributed by atoms with E-state index in [1.807, 2.05) is 0 Å². The molecule has 0 saturated heterocycles. The van der Waals surface area contributed by atoms with Gasteiger partial charge in [0, 0.05) is 25.7 Å². The van der Waals surface area contributed by atoms with Crippen LogP contribution in [0.2, 0.25) is 0 Å². The highest BCUT2D eigenvalue weighted by Crippen LogP contribution is 2.45. The molecule has 0 saturated carbocycles. The highest BCUT2D eigenvalue weighted by atomic mass is 31.2. The first-order chi connectivity index (χ1) is 38.2. The lowest BCUT2D eigenvalue weighted by molar-refractivity contribution is -0.161. The molecule has 0 aliphatic carbocycles. The number of carbonyl (C=O) groups is 4. The van der Waals surface area contributed by atoms with E-state index in [2.05, 4.69) is 27.7 Å². The van der Waals surface area contributed by atoms with E-state index < -0.39 is 97.5 Å². The summed E-state index contributed by atoms with van der Waals surface area (Å²) in [5, 5.41) is 10.5. The van der Waals surface area contributed by atoms with Crippen molar-refractivity contribution in [3.8, 4) is 0 Å². The quantitative estimate of drug-likeness (QED) is 0.0222. The molecule has 0 radical (unpaired) electrons. The van der Waals surface area contributed by atoms with Crippen LogP contribution in [0.5, 0.6) is 0 Å². The van der Waals surface area contributed by atoms with Gasteiger partial charge in [0.25, 0.3) is 0 Å². The lowest BCUT2D eigenvalue weighted by atomic mass is 10.0. The molecule has 0 rings (SSSR count). The number of hydrogen-bond acceptors (Lipinski definition) is 15. The monoisotopic (exact) mass is 1170 g/mol. The zero-order chi connectivity index (χ0) is 58.3. The lowest BCUT2D eigenvalue weighted by Crippen LogP contribution is -2.30. The second kappa shape index (κ2) is 55.3. The van der Waals surface area contributed by atoms with Crippen molar-refractivity contribution in [2.75, 3.05) is 39.6 Å². The van der Waals surface area contributed by atoms with E-state index in [4.69, 9.17) is 37.0 Å². The summed E-state index contributed by atoms with van der Waals surface area (Å²) in [7, 11) is -9.87. The highest BCUT2D eigenvalue weighted by molar-refractivity contribution is 7.47. The van der Waals surface area contributed by atoms with Crippen LogP contribution in [0, 0.1) is 0 Å². The molecular formula is C60H116O17P2. The number of aliphatic hydroxyl groups is 1. The van der Waals surface area contributed by atoms with Gasteiger partial charge in [0.05, 0.1) is 26.4 Å². The van der Waals surface area contributed by atoms with Crippen LogP contribution in [0.3, 0.4) is 0 Å². The zero-order valence-electron chi connectivity index (χ0n) is 50.3. The first-order valence-electron chi connectivity index (χ1n) is 31.8. The summed E-state index contributed by atoms with van der Waals surface area (Å²) in [6.07, 6.45) is 39.0. The standard InChI is InChI=1S/C60H116O17P2/c1-5-9-13-17-21-24-26-28-30-34-37-41-45-58(63)71-51-56(77-60(65)47-43-39-35-31-29-27-25-22-18-14-10-6-2)53-75-79(68,69)73-49-54(61)48-72-78(66,67)74-52-55(50-70-57(62)44-40-36-32-20-16-12-8-4)76-59(64)46-42-38-33-23-19-15-11-7-3/h54-56,61H,5-53H2,1-4H3,(H,66,67)(H,68,69)/t54-,55+,56+/m0/s1. The van der Waals surface area contributed by atoms with Gasteiger partial charge >= 0.3 is 39.5 Å². The van der Waals surface area contributed by atoms with Crippen molar-refractivity contribution >= 4 is 39.5 Å². The fourth-order valence-electron chi connectivity index (χ4n) is 8.93. The van der Waals surface area contributed by atoms with Crippen LogP contribution in [0.15, 0.2) is 0 Å². The molecule has 0 amide bonds. The third kappa shape index (κ3) is 55.0. The topological polar surface area (TPSA) is 237 Å². The van der Waals surface area contributed by atoms with Gasteiger partial charge in [-0.3, -0.25) is 37.3 Å². The highest BCUT2D eigenvalue weighted by Gasteiger charge is 2.30. The first-order valence-corrected chi connectivity index (χ1v) is 34.8. The maximum absolute atomic E-state index is 12.9. The van der Waals surface area contributed by atoms with Gasteiger partial charge in [0.1, 0.15) is 19.3 Å². The predicted octanol–water partition coefficient (Wildman–Crippen LogP) is 16.4. The Morgan fingerprint density at radius 1 is 0.304 bits per heavy atom. The van der Waals surface area contributed by atoms with Gasteiger partial charge in [-0.1, -0.05) is 252 Å². The summed E-state index contributed by atoms with van der Waals surface area (Å²) in [4.78, 5) is 71.8. The van der Waals surface area contributed by atoms with Gasteiger partial charge in [-0.05, 0) is 25.7 Å². The van der Waals surface area contributed by atoms with Gasteiger partial charge in [-0.2, -0.15) is 0 Å². The van der Waals surface area contributed by atoms with Crippen molar-refractivity contribution in [1.82, 2.24) is 0 Å². The van der Waals surface area contributed by atoms with Gasteiger partial charge < -0.3 is 33.8 Å². The lowest BCUT2D eigenvalue weighted by Gasteiger charge is -2.21. The Balaban J connectivity index is 5.20. The Bertz CT molecular complexity index is 1540. The molecule has 5 atom stereocenters. The molecule has 0 aromatic carbocycles.